The highest BCUT2D eigenvalue weighted by atomic mass is 35.5. The molecule has 0 radical (unpaired) electrons. The second kappa shape index (κ2) is 7.64. The Bertz CT molecular complexity index is 759. The zero-order chi connectivity index (χ0) is 16.1. The molecule has 0 aliphatic carbocycles. The zero-order valence-electron chi connectivity index (χ0n) is 12.6. The molecule has 2 aromatic carbocycles. The second-order valence-corrected chi connectivity index (χ2v) is 6.32. The number of hydrogen-bond donors (Lipinski definition) is 0. The van der Waals surface area contributed by atoms with E-state index in [0.717, 1.165) is 28.0 Å². The summed E-state index contributed by atoms with van der Waals surface area (Å²) in [6, 6.07) is 17.7. The van der Waals surface area contributed by atoms with Crippen molar-refractivity contribution in [2.24, 2.45) is 0 Å². The molecular weight excluding hydrogens is 330 g/mol. The molecular formula is C17H16ClN3OS. The number of rotatable bonds is 6. The average molecular weight is 346 g/mol. The number of ether oxygens (including phenoxy) is 1. The third-order valence-corrected chi connectivity index (χ3v) is 4.41. The minimum Gasteiger partial charge on any atom is -0.384 e. The van der Waals surface area contributed by atoms with Crippen molar-refractivity contribution in [3.63, 3.8) is 0 Å². The van der Waals surface area contributed by atoms with Crippen LogP contribution in [0, 0.1) is 0 Å². The normalized spacial score (nSPS) is 10.9. The first-order chi connectivity index (χ1) is 11.3. The van der Waals surface area contributed by atoms with E-state index in [0.29, 0.717) is 11.6 Å². The number of aromatic nitrogens is 3. The lowest BCUT2D eigenvalue weighted by Crippen LogP contribution is -2.01. The monoisotopic (exact) mass is 345 g/mol. The van der Waals surface area contributed by atoms with Crippen LogP contribution in [-0.4, -0.2) is 34.2 Å². The Labute approximate surface area is 144 Å². The van der Waals surface area contributed by atoms with Gasteiger partial charge in [-0.1, -0.05) is 53.7 Å². The van der Waals surface area contributed by atoms with Crippen LogP contribution in [0.4, 0.5) is 0 Å². The van der Waals surface area contributed by atoms with Gasteiger partial charge in [0, 0.05) is 29.1 Å². The third kappa shape index (κ3) is 3.75. The molecule has 0 amide bonds. The summed E-state index contributed by atoms with van der Waals surface area (Å²) in [4.78, 5) is 0. The number of thioether (sulfide) groups is 1. The van der Waals surface area contributed by atoms with Gasteiger partial charge in [0.25, 0.3) is 0 Å². The third-order valence-electron chi connectivity index (χ3n) is 3.27. The number of methoxy groups -OCH3 is 1. The maximum atomic E-state index is 6.01. The first-order valence-corrected chi connectivity index (χ1v) is 8.54. The largest absolute Gasteiger partial charge is 0.384 e. The second-order valence-electron chi connectivity index (χ2n) is 4.83. The highest BCUT2D eigenvalue weighted by Gasteiger charge is 2.15. The first-order valence-electron chi connectivity index (χ1n) is 7.18. The van der Waals surface area contributed by atoms with Crippen molar-refractivity contribution in [3.05, 3.63) is 59.6 Å². The Morgan fingerprint density at radius 1 is 1.04 bits per heavy atom. The van der Waals surface area contributed by atoms with Crippen LogP contribution >= 0.6 is 23.4 Å². The van der Waals surface area contributed by atoms with E-state index < -0.39 is 0 Å². The maximum absolute atomic E-state index is 6.01. The molecule has 0 atom stereocenters. The molecule has 4 nitrogen and oxygen atoms in total. The molecule has 0 aliphatic heterocycles. The van der Waals surface area contributed by atoms with Gasteiger partial charge in [-0.05, 0) is 24.3 Å². The van der Waals surface area contributed by atoms with Gasteiger partial charge >= 0.3 is 0 Å². The lowest BCUT2D eigenvalue weighted by Gasteiger charge is -2.10. The number of hydrogen-bond acceptors (Lipinski definition) is 4. The van der Waals surface area contributed by atoms with E-state index >= 15 is 0 Å². The molecule has 0 aliphatic rings. The Balaban J connectivity index is 2.04. The summed E-state index contributed by atoms with van der Waals surface area (Å²) >= 11 is 7.63. The predicted molar refractivity (Wildman–Crippen MR) is 94.4 cm³/mol. The molecule has 0 fully saturated rings. The van der Waals surface area contributed by atoms with Crippen LogP contribution in [-0.2, 0) is 4.74 Å². The SMILES string of the molecule is COCCSc1nnc(-c2ccccc2)n1-c1ccc(Cl)cc1. The van der Waals surface area contributed by atoms with Gasteiger partial charge in [0.1, 0.15) is 0 Å². The number of nitrogens with zero attached hydrogens (tertiary/aromatic N) is 3. The van der Waals surface area contributed by atoms with Crippen molar-refractivity contribution in [1.29, 1.82) is 0 Å². The summed E-state index contributed by atoms with van der Waals surface area (Å²) < 4.78 is 7.17. The van der Waals surface area contributed by atoms with Crippen LogP contribution in [0.5, 0.6) is 0 Å². The summed E-state index contributed by atoms with van der Waals surface area (Å²) in [5.74, 6) is 1.63. The molecule has 0 bridgehead atoms. The van der Waals surface area contributed by atoms with Gasteiger partial charge in [0.05, 0.1) is 6.61 Å². The topological polar surface area (TPSA) is 39.9 Å². The Morgan fingerprint density at radius 2 is 1.78 bits per heavy atom. The Hall–Kier alpha value is -1.82. The predicted octanol–water partition coefficient (Wildman–Crippen LogP) is 4.33. The summed E-state index contributed by atoms with van der Waals surface area (Å²) in [5, 5.41) is 10.3. The van der Waals surface area contributed by atoms with E-state index in [-0.39, 0.29) is 0 Å². The fourth-order valence-electron chi connectivity index (χ4n) is 2.18. The van der Waals surface area contributed by atoms with Crippen molar-refractivity contribution in [2.45, 2.75) is 5.16 Å². The van der Waals surface area contributed by atoms with Crippen LogP contribution in [0.1, 0.15) is 0 Å². The summed E-state index contributed by atoms with van der Waals surface area (Å²) in [7, 11) is 1.69. The quantitative estimate of drug-likeness (QED) is 0.492. The molecule has 118 valence electrons. The molecule has 0 unspecified atom stereocenters. The number of halogens is 1. The van der Waals surface area contributed by atoms with Crippen molar-refractivity contribution in [3.8, 4) is 17.1 Å². The minimum atomic E-state index is 0.665. The van der Waals surface area contributed by atoms with E-state index in [9.17, 15) is 0 Å². The minimum absolute atomic E-state index is 0.665. The molecule has 1 heterocycles. The van der Waals surface area contributed by atoms with Crippen LogP contribution in [0.25, 0.3) is 17.1 Å². The van der Waals surface area contributed by atoms with E-state index in [1.807, 2.05) is 59.2 Å². The number of benzene rings is 2. The molecule has 3 rings (SSSR count). The fourth-order valence-corrected chi connectivity index (χ4v) is 3.15. The van der Waals surface area contributed by atoms with Gasteiger partial charge in [-0.2, -0.15) is 0 Å². The lowest BCUT2D eigenvalue weighted by atomic mass is 10.2. The van der Waals surface area contributed by atoms with Crippen LogP contribution in [0.15, 0.2) is 59.8 Å². The Kier molecular flexibility index (Phi) is 5.33. The van der Waals surface area contributed by atoms with Gasteiger partial charge in [0.2, 0.25) is 0 Å². The van der Waals surface area contributed by atoms with E-state index in [2.05, 4.69) is 10.2 Å². The van der Waals surface area contributed by atoms with Gasteiger partial charge in [0.15, 0.2) is 11.0 Å². The Morgan fingerprint density at radius 3 is 2.48 bits per heavy atom. The molecule has 23 heavy (non-hydrogen) atoms. The summed E-state index contributed by atoms with van der Waals surface area (Å²) in [6.07, 6.45) is 0. The summed E-state index contributed by atoms with van der Waals surface area (Å²) in [5.41, 5.74) is 2.01. The van der Waals surface area contributed by atoms with Crippen molar-refractivity contribution < 1.29 is 4.74 Å². The highest BCUT2D eigenvalue weighted by molar-refractivity contribution is 7.99. The van der Waals surface area contributed by atoms with Crippen LogP contribution < -0.4 is 0 Å². The zero-order valence-corrected chi connectivity index (χ0v) is 14.2. The molecule has 1 aromatic heterocycles. The molecule has 0 spiro atoms. The van der Waals surface area contributed by atoms with E-state index in [1.165, 1.54) is 0 Å². The molecule has 0 saturated carbocycles. The summed E-state index contributed by atoms with van der Waals surface area (Å²) in [6.45, 7) is 0.665. The van der Waals surface area contributed by atoms with Crippen molar-refractivity contribution in [2.75, 3.05) is 19.5 Å². The van der Waals surface area contributed by atoms with Crippen molar-refractivity contribution >= 4 is 23.4 Å². The van der Waals surface area contributed by atoms with Crippen molar-refractivity contribution in [1.82, 2.24) is 14.8 Å². The standard InChI is InChI=1S/C17H16ClN3OS/c1-22-11-12-23-17-20-19-16(13-5-3-2-4-6-13)21(17)15-9-7-14(18)8-10-15/h2-10H,11-12H2,1H3. The smallest absolute Gasteiger partial charge is 0.196 e. The van der Waals surface area contributed by atoms with Gasteiger partial charge in [-0.3, -0.25) is 4.57 Å². The lowest BCUT2D eigenvalue weighted by molar-refractivity contribution is 0.218. The van der Waals surface area contributed by atoms with E-state index in [4.69, 9.17) is 16.3 Å². The van der Waals surface area contributed by atoms with E-state index in [1.54, 1.807) is 18.9 Å². The average Bonchev–Trinajstić information content (AvgIpc) is 3.00. The molecule has 0 N–H and O–H groups in total. The fraction of sp³-hybridized carbons (Fsp3) is 0.176. The molecule has 3 aromatic rings. The van der Waals surface area contributed by atoms with Gasteiger partial charge in [-0.25, -0.2) is 0 Å². The van der Waals surface area contributed by atoms with Gasteiger partial charge < -0.3 is 4.74 Å². The van der Waals surface area contributed by atoms with Gasteiger partial charge in [-0.15, -0.1) is 10.2 Å². The maximum Gasteiger partial charge on any atom is 0.196 e. The highest BCUT2D eigenvalue weighted by Crippen LogP contribution is 2.28. The van der Waals surface area contributed by atoms with Crippen LogP contribution in [0.3, 0.4) is 0 Å². The first kappa shape index (κ1) is 16.1. The van der Waals surface area contributed by atoms with Crippen LogP contribution in [0.2, 0.25) is 5.02 Å². The molecule has 0 saturated heterocycles. The molecule has 6 heteroatoms.